The minimum atomic E-state index is 0.0652. The van der Waals surface area contributed by atoms with Crippen LogP contribution in [-0.4, -0.2) is 9.13 Å². The van der Waals surface area contributed by atoms with Crippen molar-refractivity contribution in [3.05, 3.63) is 391 Å². The van der Waals surface area contributed by atoms with E-state index in [1.165, 1.54) is 158 Å². The van der Waals surface area contributed by atoms with Gasteiger partial charge in [-0.15, -0.1) is 0 Å². The van der Waals surface area contributed by atoms with E-state index in [4.69, 9.17) is 0 Å². The van der Waals surface area contributed by atoms with Crippen LogP contribution in [0.15, 0.2) is 368 Å². The van der Waals surface area contributed by atoms with Gasteiger partial charge in [0.25, 0.3) is 0 Å². The van der Waals surface area contributed by atoms with E-state index >= 15 is 0 Å². The molecule has 0 spiro atoms. The lowest BCUT2D eigenvalue weighted by Gasteiger charge is -2.39. The lowest BCUT2D eigenvalue weighted by Crippen LogP contribution is -2.30. The lowest BCUT2D eigenvalue weighted by molar-refractivity contribution is 0.346. The fraction of sp³-hybridized carbons (Fsp3) is 0.125. The molecule has 18 rings (SSSR count). The normalized spacial score (nSPS) is 14.0. The number of rotatable bonds is 13. The van der Waals surface area contributed by atoms with Crippen LogP contribution in [0.4, 0.5) is 28.4 Å². The largest absolute Gasteiger partial charge is 0.355 e. The Morgan fingerprint density at radius 1 is 0.257 bits per heavy atom. The molecule has 16 aromatic rings. The predicted octanol–water partition coefficient (Wildman–Crippen LogP) is 27.1. The van der Waals surface area contributed by atoms with E-state index in [2.05, 4.69) is 393 Å². The molecule has 0 saturated heterocycles. The minimum Gasteiger partial charge on any atom is -0.355 e. The van der Waals surface area contributed by atoms with Crippen molar-refractivity contribution >= 4 is 88.0 Å². The van der Waals surface area contributed by atoms with Gasteiger partial charge in [0.05, 0.1) is 22.1 Å². The molecule has 101 heavy (non-hydrogen) atoms. The van der Waals surface area contributed by atoms with Gasteiger partial charge in [-0.3, -0.25) is 0 Å². The van der Waals surface area contributed by atoms with E-state index in [1.807, 2.05) is 6.07 Å². The number of nitrogens with zero attached hydrogens (tertiary/aromatic N) is 3. The van der Waals surface area contributed by atoms with Crippen LogP contribution in [0.3, 0.4) is 0 Å². The van der Waals surface area contributed by atoms with Crippen molar-refractivity contribution in [3.8, 4) is 33.6 Å². The molecular formula is C96H81BrN4. The smallest absolute Gasteiger partial charge is 0.0561 e. The monoisotopic (exact) mass is 1370 g/mol. The van der Waals surface area contributed by atoms with Crippen molar-refractivity contribution in [1.29, 1.82) is 0 Å². The summed E-state index contributed by atoms with van der Waals surface area (Å²) in [5, 5.41) is 8.63. The first-order valence-electron chi connectivity index (χ1n) is 36.0. The van der Waals surface area contributed by atoms with Crippen LogP contribution in [-0.2, 0) is 10.8 Å². The Hall–Kier alpha value is -11.2. The number of para-hydroxylation sites is 4. The molecule has 2 saturated carbocycles. The van der Waals surface area contributed by atoms with E-state index < -0.39 is 0 Å². The minimum absolute atomic E-state index is 0.0652. The second-order valence-electron chi connectivity index (χ2n) is 27.2. The fourth-order valence-electron chi connectivity index (χ4n) is 16.3. The molecule has 0 aliphatic heterocycles. The van der Waals surface area contributed by atoms with Gasteiger partial charge < -0.3 is 19.4 Å². The zero-order chi connectivity index (χ0) is 67.8. The second-order valence-corrected chi connectivity index (χ2v) is 28.1. The number of anilines is 5. The van der Waals surface area contributed by atoms with Crippen molar-refractivity contribution < 1.29 is 0 Å². The molecular weight excluding hydrogens is 1290 g/mol. The summed E-state index contributed by atoms with van der Waals surface area (Å²) in [4.78, 5) is 2.42. The maximum Gasteiger partial charge on any atom is 0.0561 e. The van der Waals surface area contributed by atoms with E-state index in [0.29, 0.717) is 0 Å². The summed E-state index contributed by atoms with van der Waals surface area (Å²) in [5.41, 5.74) is 23.7. The molecule has 14 aromatic carbocycles. The molecule has 0 amide bonds. The zero-order valence-corrected chi connectivity index (χ0v) is 58.5. The number of hydrogen-bond donors (Lipinski definition) is 1. The fourth-order valence-corrected chi connectivity index (χ4v) is 16.6. The van der Waals surface area contributed by atoms with Crippen LogP contribution in [0.1, 0.15) is 86.5 Å². The van der Waals surface area contributed by atoms with Crippen LogP contribution in [0.2, 0.25) is 0 Å². The molecule has 492 valence electrons. The highest BCUT2D eigenvalue weighted by Gasteiger charge is 2.37. The summed E-state index contributed by atoms with van der Waals surface area (Å²) in [6, 6.07) is 132. The highest BCUT2D eigenvalue weighted by molar-refractivity contribution is 9.10. The number of nitrogens with one attached hydrogen (secondary N) is 1. The predicted molar refractivity (Wildman–Crippen MR) is 432 cm³/mol. The van der Waals surface area contributed by atoms with Crippen molar-refractivity contribution in [2.24, 2.45) is 0 Å². The third-order valence-electron chi connectivity index (χ3n) is 21.3. The van der Waals surface area contributed by atoms with Crippen LogP contribution in [0.25, 0.3) is 77.2 Å². The summed E-state index contributed by atoms with van der Waals surface area (Å²) in [6.07, 6.45) is 12.9. The molecule has 2 aliphatic rings. The Balaban J connectivity index is 0.000000132. The summed E-state index contributed by atoms with van der Waals surface area (Å²) in [6.45, 7) is 0. The van der Waals surface area contributed by atoms with Gasteiger partial charge in [-0.2, -0.15) is 0 Å². The second kappa shape index (κ2) is 29.3. The van der Waals surface area contributed by atoms with Crippen LogP contribution in [0.5, 0.6) is 0 Å². The Morgan fingerprint density at radius 2 is 0.584 bits per heavy atom. The molecule has 2 aliphatic carbocycles. The molecule has 0 radical (unpaired) electrons. The molecule has 2 aromatic heterocycles. The first-order chi connectivity index (χ1) is 50.0. The van der Waals surface area contributed by atoms with Crippen LogP contribution >= 0.6 is 15.9 Å². The maximum atomic E-state index is 3.58. The average Bonchev–Trinajstić information content (AvgIpc) is 1.59. The van der Waals surface area contributed by atoms with Gasteiger partial charge in [-0.1, -0.05) is 309 Å². The standard InChI is InChI=1S/C48H40N2.C30H22N2.C18H19Br/c1-5-15-36(16-6-1)37-23-27-41(28-24-37)49(42-29-25-39(26-30-42)48(33-13-4-14-34-48)38-17-7-2-8-18-38)43-31-32-45-44-21-11-12-22-46(44)50(47(45)35-43)40-19-9-3-10-20-40;1-3-9-22(10-4-1)23-15-17-24(18-16-23)31-25-19-20-28-27-13-7-8-14-29(27)32(30(28)21-25)26-11-5-2-6-12-26;19-17-11-9-16(10-12-17)18(13-5-2-6-14-18)15-7-3-1-4-8-15/h1-3,5-12,15-32,35H,4,13-14,33-34H2;1-21,31H;1,3-4,7-12H,2,5-6,13-14H2. The summed E-state index contributed by atoms with van der Waals surface area (Å²) in [7, 11) is 0. The van der Waals surface area contributed by atoms with Gasteiger partial charge in [0.2, 0.25) is 0 Å². The van der Waals surface area contributed by atoms with Gasteiger partial charge in [0, 0.05) is 76.7 Å². The highest BCUT2D eigenvalue weighted by Crippen LogP contribution is 2.48. The van der Waals surface area contributed by atoms with Gasteiger partial charge >= 0.3 is 0 Å². The van der Waals surface area contributed by atoms with Crippen molar-refractivity contribution in [2.45, 2.75) is 75.0 Å². The molecule has 1 N–H and O–H groups in total. The quantitative estimate of drug-likeness (QED) is 0.124. The molecule has 0 unspecified atom stereocenters. The van der Waals surface area contributed by atoms with Gasteiger partial charge in [-0.25, -0.2) is 0 Å². The Bertz CT molecular complexity index is 5390. The van der Waals surface area contributed by atoms with Crippen LogP contribution in [0, 0.1) is 0 Å². The van der Waals surface area contributed by atoms with Crippen LogP contribution < -0.4 is 10.2 Å². The van der Waals surface area contributed by atoms with Crippen molar-refractivity contribution in [3.63, 3.8) is 0 Å². The van der Waals surface area contributed by atoms with E-state index in [1.54, 1.807) is 0 Å². The van der Waals surface area contributed by atoms with Gasteiger partial charge in [0.15, 0.2) is 0 Å². The first-order valence-corrected chi connectivity index (χ1v) is 36.8. The van der Waals surface area contributed by atoms with Gasteiger partial charge in [-0.05, 0) is 179 Å². The zero-order valence-electron chi connectivity index (χ0n) is 56.9. The third-order valence-corrected chi connectivity index (χ3v) is 21.8. The number of benzene rings is 14. The molecule has 0 atom stereocenters. The number of fused-ring (bicyclic) bond motifs is 6. The first kappa shape index (κ1) is 64.4. The molecule has 0 bridgehead atoms. The topological polar surface area (TPSA) is 25.1 Å². The Kier molecular flexibility index (Phi) is 18.7. The van der Waals surface area contributed by atoms with Gasteiger partial charge in [0.1, 0.15) is 0 Å². The SMILES string of the molecule is Brc1ccc(C2(c3ccccc3)CCCCC2)cc1.c1ccc(-c2ccc(N(c3ccc(C4(c5ccccc5)CCCCC4)cc3)c3ccc4c5ccccc5n(-c5ccccc5)c4c3)cc2)cc1.c1ccc(-c2ccc(Nc3ccc4c5ccccc5n(-c5ccccc5)c4c3)cc2)cc1. The lowest BCUT2D eigenvalue weighted by atomic mass is 9.65. The Morgan fingerprint density at radius 3 is 1.05 bits per heavy atom. The van der Waals surface area contributed by atoms with Crippen molar-refractivity contribution in [2.75, 3.05) is 10.2 Å². The molecule has 5 heteroatoms. The van der Waals surface area contributed by atoms with E-state index in [0.717, 1.165) is 38.6 Å². The number of hydrogen-bond acceptors (Lipinski definition) is 2. The average molecular weight is 1370 g/mol. The Labute approximate surface area is 602 Å². The summed E-state index contributed by atoms with van der Waals surface area (Å²) >= 11 is 3.54. The molecule has 2 heterocycles. The third kappa shape index (κ3) is 13.2. The van der Waals surface area contributed by atoms with E-state index in [9.17, 15) is 0 Å². The highest BCUT2D eigenvalue weighted by atomic mass is 79.9. The van der Waals surface area contributed by atoms with E-state index in [-0.39, 0.29) is 10.8 Å². The number of halogens is 1. The molecule has 4 nitrogen and oxygen atoms in total. The van der Waals surface area contributed by atoms with Crippen molar-refractivity contribution in [1.82, 2.24) is 9.13 Å². The summed E-state index contributed by atoms with van der Waals surface area (Å²) < 4.78 is 5.91. The maximum absolute atomic E-state index is 3.58. The molecule has 2 fully saturated rings. The number of aromatic nitrogens is 2. The summed E-state index contributed by atoms with van der Waals surface area (Å²) in [5.74, 6) is 0.